The lowest BCUT2D eigenvalue weighted by molar-refractivity contribution is -0.384. The third kappa shape index (κ3) is 5.07. The Kier molecular flexibility index (Phi) is 5.18. The van der Waals surface area contributed by atoms with Crippen molar-refractivity contribution in [1.29, 1.82) is 0 Å². The highest BCUT2D eigenvalue weighted by Crippen LogP contribution is 2.28. The van der Waals surface area contributed by atoms with Crippen LogP contribution in [0.5, 0.6) is 5.75 Å². The van der Waals surface area contributed by atoms with E-state index < -0.39 is 14.0 Å². The molecule has 0 heterocycles. The van der Waals surface area contributed by atoms with E-state index in [0.29, 0.717) is 5.75 Å². The van der Waals surface area contributed by atoms with E-state index in [1.165, 1.54) is 18.2 Å². The lowest BCUT2D eigenvalue weighted by Gasteiger charge is -2.05. The first-order chi connectivity index (χ1) is 8.29. The number of rotatable bonds is 6. The molecule has 0 N–H and O–H groups in total. The average Bonchev–Trinajstić information content (AvgIpc) is 2.22. The van der Waals surface area contributed by atoms with E-state index in [0.717, 1.165) is 0 Å². The Hall–Kier alpha value is -1.05. The van der Waals surface area contributed by atoms with Crippen molar-refractivity contribution in [3.05, 3.63) is 33.3 Å². The van der Waals surface area contributed by atoms with Crippen LogP contribution in [0.4, 0.5) is 5.69 Å². The summed E-state index contributed by atoms with van der Waals surface area (Å²) in [5.74, 6) is 0.132. The monoisotopic (exact) mass is 313 g/mol. The summed E-state index contributed by atoms with van der Waals surface area (Å²) in [7, 11) is 1.49. The number of halogens is 2. The van der Waals surface area contributed by atoms with Crippen LogP contribution < -0.4 is 4.74 Å². The van der Waals surface area contributed by atoms with Crippen molar-refractivity contribution in [2.75, 3.05) is 12.4 Å². The van der Waals surface area contributed by atoms with Gasteiger partial charge in [-0.1, -0.05) is 11.6 Å². The maximum absolute atomic E-state index is 10.6. The molecule has 0 aromatic heterocycles. The van der Waals surface area contributed by atoms with Gasteiger partial charge in [-0.3, -0.25) is 10.1 Å². The molecule has 1 rings (SSSR count). The van der Waals surface area contributed by atoms with Gasteiger partial charge in [0.15, 0.2) is 0 Å². The second-order valence-electron chi connectivity index (χ2n) is 3.32. The Labute approximate surface area is 113 Å². The van der Waals surface area contributed by atoms with E-state index in [1.807, 2.05) is 0 Å². The van der Waals surface area contributed by atoms with Crippen molar-refractivity contribution >= 4 is 37.0 Å². The predicted octanol–water partition coefficient (Wildman–Crippen LogP) is 2.59. The van der Waals surface area contributed by atoms with E-state index >= 15 is 0 Å². The second-order valence-corrected chi connectivity index (χ2v) is 6.62. The van der Waals surface area contributed by atoms with Crippen LogP contribution in [0.3, 0.4) is 0 Å². The van der Waals surface area contributed by atoms with Gasteiger partial charge in [0.1, 0.15) is 10.8 Å². The highest BCUT2D eigenvalue weighted by molar-refractivity contribution is 8.13. The third-order valence-electron chi connectivity index (χ3n) is 1.92. The summed E-state index contributed by atoms with van der Waals surface area (Å²) >= 11 is 5.67. The Morgan fingerprint density at radius 3 is 2.56 bits per heavy atom. The maximum atomic E-state index is 10.6. The summed E-state index contributed by atoms with van der Waals surface area (Å²) in [6, 6.07) is 3.91. The van der Waals surface area contributed by atoms with E-state index in [-0.39, 0.29) is 29.5 Å². The summed E-state index contributed by atoms with van der Waals surface area (Å²) in [6.45, 7) is 0.125. The van der Waals surface area contributed by atoms with E-state index in [9.17, 15) is 18.5 Å². The number of nitro benzene ring substituents is 1. The molecule has 6 nitrogen and oxygen atoms in total. The molecule has 0 saturated heterocycles. The van der Waals surface area contributed by atoms with Gasteiger partial charge in [0.2, 0.25) is 9.05 Å². The fourth-order valence-corrected chi connectivity index (χ4v) is 2.18. The second kappa shape index (κ2) is 6.21. The quantitative estimate of drug-likeness (QED) is 0.348. The average molecular weight is 314 g/mol. The fourth-order valence-electron chi connectivity index (χ4n) is 1.15. The molecule has 1 aromatic carbocycles. The molecule has 18 heavy (non-hydrogen) atoms. The van der Waals surface area contributed by atoms with Crippen LogP contribution in [0.1, 0.15) is 6.42 Å². The maximum Gasteiger partial charge on any atom is 0.288 e. The molecule has 0 amide bonds. The summed E-state index contributed by atoms with van der Waals surface area (Å²) in [5, 5.41) is 10.5. The van der Waals surface area contributed by atoms with Crippen LogP contribution >= 0.6 is 22.3 Å². The van der Waals surface area contributed by atoms with Gasteiger partial charge in [-0.05, 0) is 12.5 Å². The smallest absolute Gasteiger partial charge is 0.288 e. The molecule has 0 spiro atoms. The standard InChI is InChI=1S/C9H9Cl2NO5S/c10-8-6-7(2-3-9(8)12(13)14)17-4-1-5-18(11,15)16/h2-3,6H,1,4-5H2. The molecule has 0 aliphatic carbocycles. The lowest BCUT2D eigenvalue weighted by Crippen LogP contribution is -2.04. The molecule has 0 aliphatic heterocycles. The van der Waals surface area contributed by atoms with Crippen LogP contribution in [0.2, 0.25) is 5.02 Å². The highest BCUT2D eigenvalue weighted by atomic mass is 35.7. The molecule has 0 atom stereocenters. The Bertz CT molecular complexity index is 546. The van der Waals surface area contributed by atoms with Crippen LogP contribution in [0, 0.1) is 10.1 Å². The fraction of sp³-hybridized carbons (Fsp3) is 0.333. The SMILES string of the molecule is O=[N+]([O-])c1ccc(OCCCS(=O)(=O)Cl)cc1Cl. The van der Waals surface area contributed by atoms with Crippen LogP contribution in [-0.2, 0) is 9.05 Å². The van der Waals surface area contributed by atoms with Gasteiger partial charge in [0.25, 0.3) is 5.69 Å². The number of nitro groups is 1. The van der Waals surface area contributed by atoms with Gasteiger partial charge in [-0.2, -0.15) is 0 Å². The predicted molar refractivity (Wildman–Crippen MR) is 67.9 cm³/mol. The zero-order chi connectivity index (χ0) is 13.8. The Morgan fingerprint density at radius 2 is 2.06 bits per heavy atom. The van der Waals surface area contributed by atoms with Crippen LogP contribution in [-0.4, -0.2) is 25.7 Å². The first-order valence-electron chi connectivity index (χ1n) is 4.78. The van der Waals surface area contributed by atoms with Crippen molar-refractivity contribution in [2.24, 2.45) is 0 Å². The van der Waals surface area contributed by atoms with Crippen molar-refractivity contribution in [3.63, 3.8) is 0 Å². The summed E-state index contributed by atoms with van der Waals surface area (Å²) < 4.78 is 26.4. The Morgan fingerprint density at radius 1 is 1.39 bits per heavy atom. The largest absolute Gasteiger partial charge is 0.494 e. The molecule has 100 valence electrons. The molecular weight excluding hydrogens is 305 g/mol. The highest BCUT2D eigenvalue weighted by Gasteiger charge is 2.12. The first-order valence-corrected chi connectivity index (χ1v) is 7.64. The molecule has 1 aromatic rings. The minimum Gasteiger partial charge on any atom is -0.494 e. The summed E-state index contributed by atoms with van der Waals surface area (Å²) in [4.78, 5) is 9.90. The molecular formula is C9H9Cl2NO5S. The van der Waals surface area contributed by atoms with Gasteiger partial charge in [0, 0.05) is 22.8 Å². The molecule has 0 aliphatic rings. The number of nitrogens with zero attached hydrogens (tertiary/aromatic N) is 1. The topological polar surface area (TPSA) is 86.5 Å². The Balaban J connectivity index is 2.54. The van der Waals surface area contributed by atoms with Gasteiger partial charge >= 0.3 is 0 Å². The lowest BCUT2D eigenvalue weighted by atomic mass is 10.3. The van der Waals surface area contributed by atoms with Crippen LogP contribution in [0.25, 0.3) is 0 Å². The molecule has 0 bridgehead atoms. The van der Waals surface area contributed by atoms with Crippen molar-refractivity contribution in [3.8, 4) is 5.75 Å². The molecule has 9 heteroatoms. The zero-order valence-electron chi connectivity index (χ0n) is 9.01. The van der Waals surface area contributed by atoms with E-state index in [1.54, 1.807) is 0 Å². The zero-order valence-corrected chi connectivity index (χ0v) is 11.3. The van der Waals surface area contributed by atoms with Gasteiger partial charge in [0.05, 0.1) is 17.3 Å². The minimum atomic E-state index is -3.53. The molecule has 0 fully saturated rings. The third-order valence-corrected chi connectivity index (χ3v) is 3.46. The molecule has 0 saturated carbocycles. The van der Waals surface area contributed by atoms with Crippen molar-refractivity contribution < 1.29 is 18.1 Å². The molecule has 0 unspecified atom stereocenters. The van der Waals surface area contributed by atoms with Gasteiger partial charge in [-0.25, -0.2) is 8.42 Å². The van der Waals surface area contributed by atoms with Crippen LogP contribution in [0.15, 0.2) is 18.2 Å². The van der Waals surface area contributed by atoms with Gasteiger partial charge in [-0.15, -0.1) is 0 Å². The summed E-state index contributed by atoms with van der Waals surface area (Å²) in [5.41, 5.74) is -0.215. The van der Waals surface area contributed by atoms with Gasteiger partial charge < -0.3 is 4.74 Å². The number of benzene rings is 1. The number of hydrogen-bond donors (Lipinski definition) is 0. The summed E-state index contributed by atoms with van der Waals surface area (Å²) in [6.07, 6.45) is 0.223. The first kappa shape index (κ1) is 15.0. The number of hydrogen-bond acceptors (Lipinski definition) is 5. The normalized spacial score (nSPS) is 11.2. The number of ether oxygens (including phenoxy) is 1. The molecule has 0 radical (unpaired) electrons. The van der Waals surface area contributed by atoms with E-state index in [4.69, 9.17) is 27.0 Å². The van der Waals surface area contributed by atoms with Crippen molar-refractivity contribution in [2.45, 2.75) is 6.42 Å². The van der Waals surface area contributed by atoms with Crippen molar-refractivity contribution in [1.82, 2.24) is 0 Å². The van der Waals surface area contributed by atoms with E-state index in [2.05, 4.69) is 0 Å². The minimum absolute atomic E-state index is 0.0394.